The van der Waals surface area contributed by atoms with Crippen LogP contribution in [0.15, 0.2) is 65.9 Å². The van der Waals surface area contributed by atoms with Gasteiger partial charge >= 0.3 is 0 Å². The minimum absolute atomic E-state index is 0.0397. The third-order valence-corrected chi connectivity index (χ3v) is 9.13. The second kappa shape index (κ2) is 10.1. The highest BCUT2D eigenvalue weighted by Gasteiger charge is 2.45. The van der Waals surface area contributed by atoms with Gasteiger partial charge in [-0.15, -0.1) is 0 Å². The number of benzene rings is 1. The fourth-order valence-corrected chi connectivity index (χ4v) is 6.37. The lowest BCUT2D eigenvalue weighted by molar-refractivity contribution is -0.121. The van der Waals surface area contributed by atoms with Crippen molar-refractivity contribution in [3.8, 4) is 11.6 Å². The Balaban J connectivity index is 1.18. The van der Waals surface area contributed by atoms with Crippen LogP contribution in [0.3, 0.4) is 0 Å². The average molecular weight is 592 g/mol. The Morgan fingerprint density at radius 1 is 1.07 bits per heavy atom. The van der Waals surface area contributed by atoms with Gasteiger partial charge in [0.2, 0.25) is 11.8 Å². The zero-order chi connectivity index (χ0) is 30.0. The summed E-state index contributed by atoms with van der Waals surface area (Å²) in [6.45, 7) is 1.85. The number of ether oxygens (including phenoxy) is 1. The van der Waals surface area contributed by atoms with E-state index in [2.05, 4.69) is 63.2 Å². The Labute approximate surface area is 253 Å². The van der Waals surface area contributed by atoms with E-state index in [0.29, 0.717) is 47.3 Å². The van der Waals surface area contributed by atoms with E-state index in [0.717, 1.165) is 30.5 Å². The van der Waals surface area contributed by atoms with Crippen LogP contribution in [-0.4, -0.2) is 72.5 Å². The third-order valence-electron chi connectivity index (χ3n) is 9.13. The number of nitrogens with zero attached hydrogens (tertiary/aromatic N) is 8. The summed E-state index contributed by atoms with van der Waals surface area (Å²) in [7, 11) is 4.32. The van der Waals surface area contributed by atoms with Crippen molar-refractivity contribution in [2.24, 2.45) is 0 Å². The lowest BCUT2D eigenvalue weighted by Crippen LogP contribution is -2.40. The molecule has 0 unspecified atom stereocenters. The summed E-state index contributed by atoms with van der Waals surface area (Å²) in [5.41, 5.74) is 3.72. The summed E-state index contributed by atoms with van der Waals surface area (Å²) in [6, 6.07) is 10.2. The molecule has 44 heavy (non-hydrogen) atoms. The van der Waals surface area contributed by atoms with Crippen LogP contribution in [0, 0.1) is 0 Å². The molecule has 1 aliphatic carbocycles. The van der Waals surface area contributed by atoms with E-state index in [-0.39, 0.29) is 23.6 Å². The van der Waals surface area contributed by atoms with Crippen molar-refractivity contribution in [3.05, 3.63) is 71.4 Å². The highest BCUT2D eigenvalue weighted by molar-refractivity contribution is 5.97. The third kappa shape index (κ3) is 4.36. The van der Waals surface area contributed by atoms with Crippen LogP contribution in [0.4, 0.5) is 17.3 Å². The molecule has 0 atom stereocenters. The monoisotopic (exact) mass is 591 g/mol. The minimum atomic E-state index is -0.205. The number of likely N-dealkylation sites (N-methyl/N-ethyl adjacent to an activating group) is 1. The van der Waals surface area contributed by atoms with E-state index in [1.807, 2.05) is 24.3 Å². The molecule has 2 bridgehead atoms. The van der Waals surface area contributed by atoms with Gasteiger partial charge in [-0.2, -0.15) is 4.98 Å². The number of hydrogen-bond donors (Lipinski definition) is 1. The molecule has 8 rings (SSSR count). The van der Waals surface area contributed by atoms with Gasteiger partial charge in [-0.25, -0.2) is 19.3 Å². The number of nitrogens with one attached hydrogen (secondary N) is 1. The topological polar surface area (TPSA) is 115 Å². The van der Waals surface area contributed by atoms with Gasteiger partial charge in [0, 0.05) is 47.6 Å². The average Bonchev–Trinajstić information content (AvgIpc) is 3.63. The molecule has 1 saturated carbocycles. The van der Waals surface area contributed by atoms with Crippen molar-refractivity contribution in [2.45, 2.75) is 44.3 Å². The standard InChI is InChI=1S/C32H33N9O3/c1-37(2)32(10-11-32)20-38-14-9-21-15-22(7-8-25(21)38)35-31-34-18-24-28(36-31)41-23-16-26-29(33-17-23)44-19-27(42)39(26)12-5-3-4-6-13-40(41)30(24)43/h4,6-9,14-18H,3,5,10-13,19-20H2,1-2H3,(H,34,35,36)/b6-4-. The van der Waals surface area contributed by atoms with Crippen molar-refractivity contribution in [2.75, 3.05) is 37.5 Å². The molecule has 3 aliphatic rings. The molecule has 0 saturated heterocycles. The molecule has 1 N–H and O–H groups in total. The number of rotatable bonds is 5. The molecule has 12 nitrogen and oxygen atoms in total. The van der Waals surface area contributed by atoms with Gasteiger partial charge in [0.15, 0.2) is 12.3 Å². The SMILES string of the molecule is CN(C)C1(Cn2ccc3cc(Nc4ncc5c(=O)n6n(c5n4)-c4cnc5c(c4)N(CCC/C=C\C6)C(=O)CO5)ccc32)CC1. The van der Waals surface area contributed by atoms with E-state index in [9.17, 15) is 9.59 Å². The molecule has 12 heteroatoms. The number of pyridine rings is 1. The molecule has 0 radical (unpaired) electrons. The van der Waals surface area contributed by atoms with Crippen LogP contribution in [0.1, 0.15) is 25.7 Å². The first kappa shape index (κ1) is 26.6. The van der Waals surface area contributed by atoms with E-state index >= 15 is 0 Å². The van der Waals surface area contributed by atoms with Gasteiger partial charge in [-0.05, 0) is 70.1 Å². The largest absolute Gasteiger partial charge is 0.466 e. The zero-order valence-electron chi connectivity index (χ0n) is 24.7. The molecule has 1 fully saturated rings. The van der Waals surface area contributed by atoms with Crippen molar-refractivity contribution < 1.29 is 9.53 Å². The number of hydrogen-bond acceptors (Lipinski definition) is 8. The van der Waals surface area contributed by atoms with Crippen molar-refractivity contribution >= 4 is 45.2 Å². The summed E-state index contributed by atoms with van der Waals surface area (Å²) < 4.78 is 11.3. The number of carbonyl (C=O) groups is 1. The fraction of sp³-hybridized carbons (Fsp3) is 0.344. The molecule has 1 aromatic carbocycles. The predicted octanol–water partition coefficient (Wildman–Crippen LogP) is 3.85. The first-order valence-corrected chi connectivity index (χ1v) is 15.0. The number of fused-ring (bicyclic) bond motifs is 6. The van der Waals surface area contributed by atoms with Crippen LogP contribution < -0.4 is 20.5 Å². The molecule has 5 aromatic rings. The first-order chi connectivity index (χ1) is 21.4. The van der Waals surface area contributed by atoms with Gasteiger partial charge in [0.1, 0.15) is 11.1 Å². The maximum Gasteiger partial charge on any atom is 0.278 e. The molecular formula is C32H33N9O3. The Hall–Kier alpha value is -4.97. The van der Waals surface area contributed by atoms with E-state index in [4.69, 9.17) is 9.72 Å². The van der Waals surface area contributed by atoms with Crippen LogP contribution in [0.25, 0.3) is 27.6 Å². The van der Waals surface area contributed by atoms with Crippen LogP contribution in [0.5, 0.6) is 5.88 Å². The number of amides is 1. The number of allylic oxidation sites excluding steroid dienone is 2. The van der Waals surface area contributed by atoms with E-state index < -0.39 is 0 Å². The summed E-state index contributed by atoms with van der Waals surface area (Å²) in [6.07, 6.45) is 13.4. The Kier molecular flexibility index (Phi) is 6.09. The van der Waals surface area contributed by atoms with Crippen molar-refractivity contribution in [1.29, 1.82) is 0 Å². The quantitative estimate of drug-likeness (QED) is 0.307. The Morgan fingerprint density at radius 3 is 2.80 bits per heavy atom. The van der Waals surface area contributed by atoms with Gasteiger partial charge in [0.25, 0.3) is 11.5 Å². The van der Waals surface area contributed by atoms with E-state index in [1.54, 1.807) is 26.7 Å². The first-order valence-electron chi connectivity index (χ1n) is 15.0. The van der Waals surface area contributed by atoms with Crippen LogP contribution in [0.2, 0.25) is 0 Å². The number of carbonyl (C=O) groups excluding carboxylic acids is 1. The Bertz CT molecular complexity index is 2030. The molecule has 4 aromatic heterocycles. The lowest BCUT2D eigenvalue weighted by atomic mass is 10.2. The molecule has 6 heterocycles. The van der Waals surface area contributed by atoms with Crippen LogP contribution in [-0.2, 0) is 17.9 Å². The summed E-state index contributed by atoms with van der Waals surface area (Å²) in [5.74, 6) is 0.661. The van der Waals surface area contributed by atoms with Gasteiger partial charge in [-0.1, -0.05) is 12.2 Å². The van der Waals surface area contributed by atoms with E-state index in [1.165, 1.54) is 18.4 Å². The summed E-state index contributed by atoms with van der Waals surface area (Å²) in [4.78, 5) is 44.2. The normalized spacial score (nSPS) is 18.1. The van der Waals surface area contributed by atoms with Gasteiger partial charge in [0.05, 0.1) is 18.4 Å². The van der Waals surface area contributed by atoms with Crippen molar-refractivity contribution in [3.63, 3.8) is 0 Å². The number of aromatic nitrogens is 6. The lowest BCUT2D eigenvalue weighted by Gasteiger charge is -2.29. The highest BCUT2D eigenvalue weighted by atomic mass is 16.5. The smallest absolute Gasteiger partial charge is 0.278 e. The molecule has 0 spiro atoms. The zero-order valence-corrected chi connectivity index (χ0v) is 24.7. The van der Waals surface area contributed by atoms with Crippen molar-refractivity contribution in [1.82, 2.24) is 33.8 Å². The summed E-state index contributed by atoms with van der Waals surface area (Å²) in [5, 5.41) is 4.86. The molecule has 224 valence electrons. The maximum atomic E-state index is 13.6. The predicted molar refractivity (Wildman–Crippen MR) is 168 cm³/mol. The minimum Gasteiger partial charge on any atom is -0.466 e. The highest BCUT2D eigenvalue weighted by Crippen LogP contribution is 2.42. The van der Waals surface area contributed by atoms with Gasteiger partial charge in [-0.3, -0.25) is 9.59 Å². The second-order valence-electron chi connectivity index (χ2n) is 12.1. The molecule has 2 aliphatic heterocycles. The Morgan fingerprint density at radius 2 is 1.95 bits per heavy atom. The molecular weight excluding hydrogens is 558 g/mol. The fourth-order valence-electron chi connectivity index (χ4n) is 6.37. The second-order valence-corrected chi connectivity index (χ2v) is 12.1. The van der Waals surface area contributed by atoms with Crippen LogP contribution >= 0.6 is 0 Å². The maximum absolute atomic E-state index is 13.6. The van der Waals surface area contributed by atoms with Gasteiger partial charge < -0.3 is 24.4 Å². The number of anilines is 3. The summed E-state index contributed by atoms with van der Waals surface area (Å²) >= 11 is 0. The molecule has 1 amide bonds.